The molecule has 4 aromatic rings. The van der Waals surface area contributed by atoms with Crippen LogP contribution in [0.1, 0.15) is 5.56 Å². The quantitative estimate of drug-likeness (QED) is 0.417. The van der Waals surface area contributed by atoms with E-state index in [9.17, 15) is 4.79 Å². The first-order valence-electron chi connectivity index (χ1n) is 8.18. The minimum absolute atomic E-state index is 0.120. The van der Waals surface area contributed by atoms with E-state index in [0.717, 1.165) is 26.3 Å². The van der Waals surface area contributed by atoms with E-state index in [1.165, 1.54) is 16.7 Å². The van der Waals surface area contributed by atoms with E-state index in [1.54, 1.807) is 6.21 Å². The second-order valence-electron chi connectivity index (χ2n) is 5.74. The predicted molar refractivity (Wildman–Crippen MR) is 108 cm³/mol. The van der Waals surface area contributed by atoms with E-state index in [4.69, 9.17) is 0 Å². The van der Waals surface area contributed by atoms with Gasteiger partial charge in [-0.25, -0.2) is 10.4 Å². The van der Waals surface area contributed by atoms with Gasteiger partial charge >= 0.3 is 0 Å². The highest BCUT2D eigenvalue weighted by atomic mass is 32.1. The minimum Gasteiger partial charge on any atom is -0.352 e. The highest BCUT2D eigenvalue weighted by molar-refractivity contribution is 7.22. The Morgan fingerprint density at radius 2 is 1.85 bits per heavy atom. The van der Waals surface area contributed by atoms with Gasteiger partial charge in [-0.15, -0.1) is 0 Å². The number of nitrogens with one attached hydrogen (secondary N) is 2. The largest absolute Gasteiger partial charge is 0.352 e. The van der Waals surface area contributed by atoms with Gasteiger partial charge in [-0.05, 0) is 34.5 Å². The van der Waals surface area contributed by atoms with Crippen LogP contribution in [0.3, 0.4) is 0 Å². The van der Waals surface area contributed by atoms with Crippen molar-refractivity contribution in [1.82, 2.24) is 10.4 Å². The number of hydrogen-bond donors (Lipinski definition) is 2. The van der Waals surface area contributed by atoms with Crippen molar-refractivity contribution in [3.8, 4) is 0 Å². The number of hydrogen-bond acceptors (Lipinski definition) is 5. The van der Waals surface area contributed by atoms with Crippen LogP contribution in [-0.4, -0.2) is 23.7 Å². The molecular formula is C20H16N4OS. The zero-order valence-corrected chi connectivity index (χ0v) is 14.7. The summed E-state index contributed by atoms with van der Waals surface area (Å²) in [6, 6.07) is 22.0. The van der Waals surface area contributed by atoms with Crippen molar-refractivity contribution >= 4 is 49.6 Å². The average Bonchev–Trinajstić information content (AvgIpc) is 3.09. The zero-order valence-electron chi connectivity index (χ0n) is 13.8. The summed E-state index contributed by atoms with van der Waals surface area (Å²) in [6.07, 6.45) is 1.64. The Labute approximate surface area is 154 Å². The molecule has 0 radical (unpaired) electrons. The normalized spacial score (nSPS) is 11.2. The molecule has 5 nitrogen and oxygen atoms in total. The Morgan fingerprint density at radius 3 is 2.73 bits per heavy atom. The lowest BCUT2D eigenvalue weighted by molar-refractivity contribution is -0.119. The molecule has 0 aliphatic heterocycles. The molecule has 4 rings (SSSR count). The summed E-state index contributed by atoms with van der Waals surface area (Å²) in [5.41, 5.74) is 4.39. The summed E-state index contributed by atoms with van der Waals surface area (Å²) in [4.78, 5) is 16.4. The molecule has 0 fully saturated rings. The fourth-order valence-corrected chi connectivity index (χ4v) is 3.47. The molecule has 0 spiro atoms. The Balaban J connectivity index is 1.33. The summed E-state index contributed by atoms with van der Waals surface area (Å²) >= 11 is 1.52. The van der Waals surface area contributed by atoms with E-state index in [2.05, 4.69) is 26.9 Å². The monoisotopic (exact) mass is 360 g/mol. The average molecular weight is 360 g/mol. The summed E-state index contributed by atoms with van der Waals surface area (Å²) in [5.74, 6) is -0.221. The van der Waals surface area contributed by atoms with Crippen LogP contribution in [0, 0.1) is 0 Å². The van der Waals surface area contributed by atoms with Crippen molar-refractivity contribution in [2.24, 2.45) is 5.10 Å². The number of hydrazone groups is 1. The Morgan fingerprint density at radius 1 is 1.04 bits per heavy atom. The molecule has 1 amide bonds. The van der Waals surface area contributed by atoms with Gasteiger partial charge < -0.3 is 5.32 Å². The van der Waals surface area contributed by atoms with Crippen molar-refractivity contribution < 1.29 is 4.79 Å². The number of benzene rings is 3. The summed E-state index contributed by atoms with van der Waals surface area (Å²) in [7, 11) is 0. The molecule has 0 aliphatic rings. The van der Waals surface area contributed by atoms with Gasteiger partial charge in [0.1, 0.15) is 0 Å². The fraction of sp³-hybridized carbons (Fsp3) is 0.0500. The van der Waals surface area contributed by atoms with Crippen molar-refractivity contribution in [2.75, 3.05) is 11.9 Å². The van der Waals surface area contributed by atoms with Crippen molar-refractivity contribution in [3.05, 3.63) is 72.3 Å². The predicted octanol–water partition coefficient (Wildman–Crippen LogP) is 4.01. The van der Waals surface area contributed by atoms with E-state index in [0.29, 0.717) is 0 Å². The molecule has 0 bridgehead atoms. The molecular weight excluding hydrogens is 344 g/mol. The maximum absolute atomic E-state index is 11.9. The second kappa shape index (κ2) is 7.33. The first kappa shape index (κ1) is 16.2. The van der Waals surface area contributed by atoms with Crippen LogP contribution in [0.5, 0.6) is 0 Å². The number of anilines is 1. The highest BCUT2D eigenvalue weighted by Crippen LogP contribution is 2.24. The zero-order chi connectivity index (χ0) is 17.8. The first-order valence-corrected chi connectivity index (χ1v) is 9.00. The number of aromatic nitrogens is 1. The van der Waals surface area contributed by atoms with Gasteiger partial charge in [0.2, 0.25) is 0 Å². The molecule has 1 aromatic heterocycles. The van der Waals surface area contributed by atoms with Crippen LogP contribution in [-0.2, 0) is 4.79 Å². The van der Waals surface area contributed by atoms with Gasteiger partial charge in [0.15, 0.2) is 5.13 Å². The van der Waals surface area contributed by atoms with Gasteiger partial charge in [-0.1, -0.05) is 59.9 Å². The number of amides is 1. The molecule has 3 aromatic carbocycles. The minimum atomic E-state index is -0.221. The van der Waals surface area contributed by atoms with Crippen molar-refractivity contribution in [2.45, 2.75) is 0 Å². The number of fused-ring (bicyclic) bond motifs is 2. The standard InChI is InChI=1S/C20H16N4OS/c25-19(13-21-20-23-17-7-3-4-8-18(17)26-20)24-22-12-14-9-10-15-5-1-2-6-16(15)11-14/h1-12H,13H2,(H,21,23)(H,24,25)/b22-12-. The van der Waals surface area contributed by atoms with Crippen LogP contribution < -0.4 is 10.7 Å². The van der Waals surface area contributed by atoms with E-state index in [-0.39, 0.29) is 12.5 Å². The molecule has 0 atom stereocenters. The van der Waals surface area contributed by atoms with E-state index >= 15 is 0 Å². The third-order valence-corrected chi connectivity index (χ3v) is 4.86. The molecule has 2 N–H and O–H groups in total. The van der Waals surface area contributed by atoms with Crippen molar-refractivity contribution in [3.63, 3.8) is 0 Å². The van der Waals surface area contributed by atoms with Crippen LogP contribution in [0.2, 0.25) is 0 Å². The lowest BCUT2D eigenvalue weighted by atomic mass is 10.1. The van der Waals surface area contributed by atoms with E-state index in [1.807, 2.05) is 60.7 Å². The van der Waals surface area contributed by atoms with E-state index < -0.39 is 0 Å². The molecule has 6 heteroatoms. The maximum atomic E-state index is 11.9. The number of thiazole rings is 1. The Hall–Kier alpha value is -3.25. The lowest BCUT2D eigenvalue weighted by Crippen LogP contribution is -2.25. The molecule has 0 saturated heterocycles. The molecule has 0 saturated carbocycles. The van der Waals surface area contributed by atoms with Gasteiger partial charge in [0, 0.05) is 0 Å². The molecule has 128 valence electrons. The second-order valence-corrected chi connectivity index (χ2v) is 6.77. The third kappa shape index (κ3) is 3.70. The number of carbonyl (C=O) groups excluding carboxylic acids is 1. The molecule has 1 heterocycles. The van der Waals surface area contributed by atoms with Crippen LogP contribution in [0.15, 0.2) is 71.8 Å². The summed E-state index contributed by atoms with van der Waals surface area (Å²) in [6.45, 7) is 0.120. The number of nitrogens with zero attached hydrogens (tertiary/aromatic N) is 2. The van der Waals surface area contributed by atoms with Crippen LogP contribution in [0.25, 0.3) is 21.0 Å². The molecule has 26 heavy (non-hydrogen) atoms. The topological polar surface area (TPSA) is 66.4 Å². The number of para-hydroxylation sites is 1. The summed E-state index contributed by atoms with van der Waals surface area (Å²) < 4.78 is 1.09. The van der Waals surface area contributed by atoms with Gasteiger partial charge in [-0.3, -0.25) is 4.79 Å². The van der Waals surface area contributed by atoms with Crippen LogP contribution >= 0.6 is 11.3 Å². The van der Waals surface area contributed by atoms with Gasteiger partial charge in [0.25, 0.3) is 5.91 Å². The third-order valence-electron chi connectivity index (χ3n) is 3.87. The Bertz CT molecular complexity index is 1070. The molecule has 0 aliphatic carbocycles. The number of carbonyl (C=O) groups is 1. The fourth-order valence-electron chi connectivity index (χ4n) is 2.61. The van der Waals surface area contributed by atoms with Crippen molar-refractivity contribution in [1.29, 1.82) is 0 Å². The SMILES string of the molecule is O=C(CNc1nc2ccccc2s1)N/N=C\c1ccc2ccccc2c1. The molecule has 0 unspecified atom stereocenters. The Kier molecular flexibility index (Phi) is 4.57. The lowest BCUT2D eigenvalue weighted by Gasteiger charge is -2.01. The smallest absolute Gasteiger partial charge is 0.259 e. The number of rotatable bonds is 5. The van der Waals surface area contributed by atoms with Gasteiger partial charge in [0.05, 0.1) is 23.0 Å². The highest BCUT2D eigenvalue weighted by Gasteiger charge is 2.04. The maximum Gasteiger partial charge on any atom is 0.259 e. The summed E-state index contributed by atoms with van der Waals surface area (Å²) in [5, 5.41) is 10.1. The van der Waals surface area contributed by atoms with Crippen LogP contribution in [0.4, 0.5) is 5.13 Å². The van der Waals surface area contributed by atoms with Gasteiger partial charge in [-0.2, -0.15) is 5.10 Å². The first-order chi connectivity index (χ1) is 12.8.